The molecule has 0 saturated heterocycles. The number of rotatable bonds is 3. The normalized spacial score (nSPS) is 12.4. The molecule has 4 heteroatoms. The highest BCUT2D eigenvalue weighted by molar-refractivity contribution is 6.17. The maximum atomic E-state index is 12.9. The molecule has 4 rings (SSSR count). The van der Waals surface area contributed by atoms with Crippen molar-refractivity contribution in [3.8, 4) is 11.1 Å². The lowest BCUT2D eigenvalue weighted by Crippen LogP contribution is -2.32. The van der Waals surface area contributed by atoms with Crippen molar-refractivity contribution in [1.29, 1.82) is 0 Å². The van der Waals surface area contributed by atoms with Gasteiger partial charge >= 0.3 is 0 Å². The summed E-state index contributed by atoms with van der Waals surface area (Å²) < 4.78 is 2.13. The Bertz CT molecular complexity index is 1180. The lowest BCUT2D eigenvalue weighted by Gasteiger charge is -2.14. The van der Waals surface area contributed by atoms with E-state index in [1.165, 1.54) is 0 Å². The maximum absolute atomic E-state index is 12.9. The highest BCUT2D eigenvalue weighted by Gasteiger charge is 2.24. The molecule has 0 spiro atoms. The summed E-state index contributed by atoms with van der Waals surface area (Å²) in [7, 11) is 2.03. The van der Waals surface area contributed by atoms with Gasteiger partial charge in [0.2, 0.25) is 11.0 Å². The molecule has 1 atom stereocenters. The van der Waals surface area contributed by atoms with Gasteiger partial charge in [0.05, 0.1) is 16.8 Å². The van der Waals surface area contributed by atoms with Crippen LogP contribution in [0.4, 0.5) is 5.69 Å². The molecule has 4 nitrogen and oxygen atoms in total. The molecule has 0 fully saturated rings. The summed E-state index contributed by atoms with van der Waals surface area (Å²) >= 11 is 0. The second-order valence-electron chi connectivity index (χ2n) is 6.93. The molecule has 27 heavy (non-hydrogen) atoms. The van der Waals surface area contributed by atoms with Gasteiger partial charge in [-0.05, 0) is 30.7 Å². The first-order valence-corrected chi connectivity index (χ1v) is 8.98. The molecule has 0 radical (unpaired) electrons. The van der Waals surface area contributed by atoms with Gasteiger partial charge in [0.25, 0.3) is 0 Å². The highest BCUT2D eigenvalue weighted by Crippen LogP contribution is 2.36. The maximum Gasteiger partial charge on any atom is 0.214 e. The first kappa shape index (κ1) is 17.2. The topological polar surface area (TPSA) is 73.0 Å². The number of nitrogens with two attached hydrogens (primary N) is 2. The fourth-order valence-corrected chi connectivity index (χ4v) is 3.72. The zero-order chi connectivity index (χ0) is 19.1. The van der Waals surface area contributed by atoms with Crippen molar-refractivity contribution in [3.63, 3.8) is 0 Å². The molecule has 0 amide bonds. The quantitative estimate of drug-likeness (QED) is 0.255. The average Bonchev–Trinajstić information content (AvgIpc) is 2.68. The van der Waals surface area contributed by atoms with Gasteiger partial charge in [-0.2, -0.15) is 4.57 Å². The van der Waals surface area contributed by atoms with E-state index in [-0.39, 0.29) is 5.78 Å². The fourth-order valence-electron chi connectivity index (χ4n) is 3.72. The summed E-state index contributed by atoms with van der Waals surface area (Å²) in [5.74, 6) is -0.0624. The summed E-state index contributed by atoms with van der Waals surface area (Å²) in [6.07, 6.45) is 0. The van der Waals surface area contributed by atoms with E-state index in [1.807, 2.05) is 61.6 Å². The number of aryl methyl sites for hydroxylation is 1. The van der Waals surface area contributed by atoms with Gasteiger partial charge in [-0.3, -0.25) is 4.79 Å². The number of nitrogens with zero attached hydrogens (tertiary/aromatic N) is 1. The van der Waals surface area contributed by atoms with Crippen molar-refractivity contribution in [1.82, 2.24) is 0 Å². The molecule has 0 aliphatic rings. The minimum Gasteiger partial charge on any atom is -0.399 e. The van der Waals surface area contributed by atoms with E-state index in [2.05, 4.69) is 16.7 Å². The molecule has 1 aromatic heterocycles. The molecule has 4 N–H and O–H groups in total. The Balaban J connectivity index is 2.24. The third kappa shape index (κ3) is 2.75. The first-order chi connectivity index (χ1) is 13.0. The lowest BCUT2D eigenvalue weighted by molar-refractivity contribution is -0.617. The molecule has 134 valence electrons. The number of ketones is 1. The van der Waals surface area contributed by atoms with Crippen LogP contribution in [0.25, 0.3) is 32.9 Å². The third-order valence-corrected chi connectivity index (χ3v) is 5.07. The largest absolute Gasteiger partial charge is 0.399 e. The van der Waals surface area contributed by atoms with E-state index in [1.54, 1.807) is 6.92 Å². The van der Waals surface area contributed by atoms with E-state index in [0.717, 1.165) is 32.9 Å². The Morgan fingerprint density at radius 1 is 0.926 bits per heavy atom. The molecule has 3 aromatic carbocycles. The van der Waals surface area contributed by atoms with Crippen LogP contribution in [-0.2, 0) is 7.05 Å². The van der Waals surface area contributed by atoms with Crippen LogP contribution in [0.15, 0.2) is 66.7 Å². The van der Waals surface area contributed by atoms with Crippen molar-refractivity contribution >= 4 is 33.3 Å². The van der Waals surface area contributed by atoms with E-state index >= 15 is 0 Å². The van der Waals surface area contributed by atoms with Gasteiger partial charge < -0.3 is 11.5 Å². The third-order valence-electron chi connectivity index (χ3n) is 5.07. The van der Waals surface area contributed by atoms with E-state index in [0.29, 0.717) is 11.3 Å². The monoisotopic (exact) mass is 356 g/mol. The average molecular weight is 356 g/mol. The summed E-state index contributed by atoms with van der Waals surface area (Å²) in [4.78, 5) is 12.9. The Morgan fingerprint density at radius 3 is 2.30 bits per heavy atom. The number of pyridine rings is 1. The Morgan fingerprint density at radius 2 is 1.59 bits per heavy atom. The molecule has 1 heterocycles. The number of carbonyl (C=O) groups excluding carboxylic acids is 1. The van der Waals surface area contributed by atoms with Gasteiger partial charge in [-0.1, -0.05) is 36.4 Å². The Kier molecular flexibility index (Phi) is 4.13. The van der Waals surface area contributed by atoms with Crippen LogP contribution in [0.1, 0.15) is 17.3 Å². The van der Waals surface area contributed by atoms with Gasteiger partial charge in [0.15, 0.2) is 5.78 Å². The van der Waals surface area contributed by atoms with E-state index in [9.17, 15) is 4.79 Å². The Labute approximate surface area is 158 Å². The zero-order valence-corrected chi connectivity index (χ0v) is 15.4. The van der Waals surface area contributed by atoms with Gasteiger partial charge in [-0.25, -0.2) is 0 Å². The van der Waals surface area contributed by atoms with E-state index < -0.39 is 6.04 Å². The number of hydrogen-bond donors (Lipinski definition) is 2. The molecule has 0 aliphatic heterocycles. The van der Waals surface area contributed by atoms with Gasteiger partial charge in [-0.15, -0.1) is 0 Å². The number of Topliss-reactive ketones (excluding diaryl/α,β-unsaturated/α-hetero) is 1. The number of anilines is 1. The zero-order valence-electron chi connectivity index (χ0n) is 15.4. The number of fused-ring (bicyclic) bond motifs is 2. The predicted molar refractivity (Wildman–Crippen MR) is 110 cm³/mol. The highest BCUT2D eigenvalue weighted by atomic mass is 16.1. The van der Waals surface area contributed by atoms with Crippen LogP contribution in [0.5, 0.6) is 0 Å². The van der Waals surface area contributed by atoms with Crippen molar-refractivity contribution in [2.45, 2.75) is 13.0 Å². The van der Waals surface area contributed by atoms with Crippen LogP contribution in [0.2, 0.25) is 0 Å². The van der Waals surface area contributed by atoms with E-state index in [4.69, 9.17) is 11.5 Å². The minimum absolute atomic E-state index is 0.0624. The number of hydrogen-bond acceptors (Lipinski definition) is 3. The number of benzene rings is 3. The molecule has 0 bridgehead atoms. The first-order valence-electron chi connectivity index (χ1n) is 8.98. The smallest absolute Gasteiger partial charge is 0.214 e. The molecule has 0 aliphatic carbocycles. The Hall–Kier alpha value is -3.24. The van der Waals surface area contributed by atoms with Gasteiger partial charge in [0.1, 0.15) is 7.05 Å². The van der Waals surface area contributed by atoms with Crippen LogP contribution >= 0.6 is 0 Å². The predicted octanol–water partition coefficient (Wildman–Crippen LogP) is 3.60. The second-order valence-corrected chi connectivity index (χ2v) is 6.93. The molecule has 0 saturated carbocycles. The van der Waals surface area contributed by atoms with Gasteiger partial charge in [0, 0.05) is 28.9 Å². The van der Waals surface area contributed by atoms with Crippen LogP contribution in [0, 0.1) is 0 Å². The van der Waals surface area contributed by atoms with Crippen LogP contribution < -0.4 is 16.0 Å². The molecule has 4 aromatic rings. The minimum atomic E-state index is -0.563. The van der Waals surface area contributed by atoms with Crippen LogP contribution in [0.3, 0.4) is 0 Å². The molecule has 0 unspecified atom stereocenters. The number of carbonyl (C=O) groups is 1. The summed E-state index contributed by atoms with van der Waals surface area (Å²) in [5, 5.41) is 2.01. The number of aromatic nitrogens is 1. The second kappa shape index (κ2) is 6.49. The van der Waals surface area contributed by atoms with Crippen LogP contribution in [-0.4, -0.2) is 11.8 Å². The lowest BCUT2D eigenvalue weighted by atomic mass is 9.90. The number of nitrogen functional groups attached to an aromatic ring is 1. The van der Waals surface area contributed by atoms with Crippen molar-refractivity contribution in [2.75, 3.05) is 5.73 Å². The molecular weight excluding hydrogens is 334 g/mol. The summed E-state index contributed by atoms with van der Waals surface area (Å²) in [5.41, 5.74) is 17.3. The fraction of sp³-hybridized carbons (Fsp3) is 0.130. The SMILES string of the molecule is C[C@H](N)C(=O)c1cccc2c1c(-c1ccc(N)cc1)c1ccccc1[n+]2C. The number of para-hydroxylation sites is 1. The van der Waals surface area contributed by atoms with Crippen molar-refractivity contribution in [3.05, 3.63) is 72.3 Å². The standard InChI is InChI=1S/C23H21N3O/c1-14(24)23(27)18-7-5-9-20-22(18)21(15-10-12-16(25)13-11-15)17-6-3-4-8-19(17)26(20)2/h3-14,25H,24H2,1-2H3/p+1/t14-/m0/s1. The summed E-state index contributed by atoms with van der Waals surface area (Å²) in [6.45, 7) is 1.73. The van der Waals surface area contributed by atoms with Crippen molar-refractivity contribution < 1.29 is 9.36 Å². The van der Waals surface area contributed by atoms with Crippen molar-refractivity contribution in [2.24, 2.45) is 12.8 Å². The molecular formula is C23H22N3O+. The summed E-state index contributed by atoms with van der Waals surface area (Å²) in [6, 6.07) is 21.3.